The number of aromatic nitrogens is 3. The first-order valence-electron chi connectivity index (χ1n) is 8.82. The van der Waals surface area contributed by atoms with Crippen LogP contribution >= 0.6 is 0 Å². The van der Waals surface area contributed by atoms with Gasteiger partial charge in [-0.15, -0.1) is 0 Å². The van der Waals surface area contributed by atoms with Gasteiger partial charge in [0.1, 0.15) is 0 Å². The Morgan fingerprint density at radius 2 is 1.96 bits per heavy atom. The first kappa shape index (κ1) is 15.8. The standard InChI is InChI=1S/C20H22N4O/c1-13(2)24-19-16(12-22-24)10-17(11-21-19)20(25)23-18(15-8-9-15)14-6-4-3-5-7-14/h3-7,10-13,15,18H,8-9H2,1-2H3,(H,23,25)/t18-/m0/s1. The Morgan fingerprint density at radius 3 is 2.64 bits per heavy atom. The average Bonchev–Trinajstić information content (AvgIpc) is 3.37. The van der Waals surface area contributed by atoms with Crippen LogP contribution in [0.1, 0.15) is 54.7 Å². The quantitative estimate of drug-likeness (QED) is 0.770. The van der Waals surface area contributed by atoms with Gasteiger partial charge in [0.25, 0.3) is 5.91 Å². The number of carbonyl (C=O) groups is 1. The topological polar surface area (TPSA) is 59.8 Å². The highest BCUT2D eigenvalue weighted by Crippen LogP contribution is 2.41. The number of nitrogens with one attached hydrogen (secondary N) is 1. The minimum atomic E-state index is -0.0764. The van der Waals surface area contributed by atoms with Crippen LogP contribution < -0.4 is 5.32 Å². The van der Waals surface area contributed by atoms with E-state index in [1.165, 1.54) is 5.56 Å². The number of benzene rings is 1. The van der Waals surface area contributed by atoms with Crippen LogP contribution in [0.25, 0.3) is 11.0 Å². The van der Waals surface area contributed by atoms with Gasteiger partial charge in [-0.2, -0.15) is 5.10 Å². The second-order valence-corrected chi connectivity index (χ2v) is 7.02. The molecule has 0 saturated heterocycles. The van der Waals surface area contributed by atoms with Crippen molar-refractivity contribution in [2.24, 2.45) is 5.92 Å². The minimum absolute atomic E-state index is 0.0720. The lowest BCUT2D eigenvalue weighted by Crippen LogP contribution is -2.30. The molecule has 0 aliphatic heterocycles. The molecule has 5 heteroatoms. The number of rotatable bonds is 5. The van der Waals surface area contributed by atoms with Crippen molar-refractivity contribution < 1.29 is 4.79 Å². The summed E-state index contributed by atoms with van der Waals surface area (Å²) in [6.07, 6.45) is 5.75. The van der Waals surface area contributed by atoms with Crippen molar-refractivity contribution in [1.29, 1.82) is 0 Å². The van der Waals surface area contributed by atoms with E-state index < -0.39 is 0 Å². The predicted molar refractivity (Wildman–Crippen MR) is 97.3 cm³/mol. The maximum absolute atomic E-state index is 12.8. The molecular weight excluding hydrogens is 312 g/mol. The van der Waals surface area contributed by atoms with E-state index in [1.54, 1.807) is 12.4 Å². The Morgan fingerprint density at radius 1 is 1.20 bits per heavy atom. The van der Waals surface area contributed by atoms with Gasteiger partial charge in [-0.1, -0.05) is 30.3 Å². The lowest BCUT2D eigenvalue weighted by molar-refractivity contribution is 0.0931. The van der Waals surface area contributed by atoms with E-state index in [2.05, 4.69) is 41.4 Å². The molecule has 1 aromatic carbocycles. The summed E-state index contributed by atoms with van der Waals surface area (Å²) in [5, 5.41) is 8.46. The zero-order valence-corrected chi connectivity index (χ0v) is 14.5. The molecule has 1 aliphatic rings. The number of fused-ring (bicyclic) bond motifs is 1. The van der Waals surface area contributed by atoms with Gasteiger partial charge < -0.3 is 5.32 Å². The predicted octanol–water partition coefficient (Wildman–Crippen LogP) is 3.89. The lowest BCUT2D eigenvalue weighted by Gasteiger charge is -2.18. The lowest BCUT2D eigenvalue weighted by atomic mass is 10.0. The molecule has 1 amide bonds. The van der Waals surface area contributed by atoms with Crippen LogP contribution in [0.5, 0.6) is 0 Å². The van der Waals surface area contributed by atoms with Gasteiger partial charge in [-0.3, -0.25) is 4.79 Å². The van der Waals surface area contributed by atoms with Crippen molar-refractivity contribution in [3.63, 3.8) is 0 Å². The third-order valence-electron chi connectivity index (χ3n) is 4.72. The molecule has 1 N–H and O–H groups in total. The Labute approximate surface area is 147 Å². The highest BCUT2D eigenvalue weighted by molar-refractivity contribution is 5.97. The van der Waals surface area contributed by atoms with Crippen molar-refractivity contribution in [3.8, 4) is 0 Å². The number of hydrogen-bond donors (Lipinski definition) is 1. The van der Waals surface area contributed by atoms with E-state index in [1.807, 2.05) is 28.9 Å². The van der Waals surface area contributed by atoms with E-state index >= 15 is 0 Å². The van der Waals surface area contributed by atoms with Gasteiger partial charge in [0.15, 0.2) is 5.65 Å². The van der Waals surface area contributed by atoms with Gasteiger partial charge in [0.05, 0.1) is 17.8 Å². The normalized spacial score (nSPS) is 15.5. The van der Waals surface area contributed by atoms with Crippen LogP contribution in [-0.2, 0) is 0 Å². The van der Waals surface area contributed by atoms with Crippen molar-refractivity contribution in [2.45, 2.75) is 38.8 Å². The maximum atomic E-state index is 12.8. The summed E-state index contributed by atoms with van der Waals surface area (Å²) in [6.45, 7) is 4.13. The van der Waals surface area contributed by atoms with Gasteiger partial charge in [-0.05, 0) is 44.2 Å². The molecule has 2 aromatic heterocycles. The molecule has 1 fully saturated rings. The van der Waals surface area contributed by atoms with Crippen LogP contribution in [0, 0.1) is 5.92 Å². The van der Waals surface area contributed by atoms with E-state index in [-0.39, 0.29) is 18.0 Å². The smallest absolute Gasteiger partial charge is 0.253 e. The number of hydrogen-bond acceptors (Lipinski definition) is 3. The van der Waals surface area contributed by atoms with Crippen LogP contribution in [0.3, 0.4) is 0 Å². The molecule has 4 rings (SSSR count). The average molecular weight is 334 g/mol. The minimum Gasteiger partial charge on any atom is -0.345 e. The highest BCUT2D eigenvalue weighted by atomic mass is 16.1. The summed E-state index contributed by atoms with van der Waals surface area (Å²) < 4.78 is 1.87. The molecule has 0 unspecified atom stereocenters. The van der Waals surface area contributed by atoms with Gasteiger partial charge in [0, 0.05) is 17.6 Å². The second kappa shape index (κ2) is 6.31. The number of amides is 1. The summed E-state index contributed by atoms with van der Waals surface area (Å²) in [5.41, 5.74) is 2.56. The van der Waals surface area contributed by atoms with Crippen molar-refractivity contribution in [1.82, 2.24) is 20.1 Å². The fourth-order valence-electron chi connectivity index (χ4n) is 3.23. The van der Waals surface area contributed by atoms with Crippen LogP contribution in [-0.4, -0.2) is 20.7 Å². The zero-order chi connectivity index (χ0) is 17.4. The van der Waals surface area contributed by atoms with E-state index in [0.29, 0.717) is 11.5 Å². The number of nitrogens with zero attached hydrogens (tertiary/aromatic N) is 3. The fraction of sp³-hybridized carbons (Fsp3) is 0.350. The molecule has 2 heterocycles. The van der Waals surface area contributed by atoms with E-state index in [0.717, 1.165) is 23.9 Å². The summed E-state index contributed by atoms with van der Waals surface area (Å²) in [7, 11) is 0. The molecule has 25 heavy (non-hydrogen) atoms. The van der Waals surface area contributed by atoms with Crippen LogP contribution in [0.2, 0.25) is 0 Å². The Bertz CT molecular complexity index is 896. The largest absolute Gasteiger partial charge is 0.345 e. The Hall–Kier alpha value is -2.69. The van der Waals surface area contributed by atoms with Gasteiger partial charge >= 0.3 is 0 Å². The van der Waals surface area contributed by atoms with Crippen molar-refractivity contribution >= 4 is 16.9 Å². The summed E-state index contributed by atoms with van der Waals surface area (Å²) in [5.74, 6) is 0.458. The Balaban J connectivity index is 1.59. The molecule has 1 saturated carbocycles. The van der Waals surface area contributed by atoms with Gasteiger partial charge in [-0.25, -0.2) is 9.67 Å². The summed E-state index contributed by atoms with van der Waals surface area (Å²) in [4.78, 5) is 17.2. The third-order valence-corrected chi connectivity index (χ3v) is 4.72. The van der Waals surface area contributed by atoms with Gasteiger partial charge in [0.2, 0.25) is 0 Å². The first-order chi connectivity index (χ1) is 12.1. The highest BCUT2D eigenvalue weighted by Gasteiger charge is 2.33. The molecule has 1 aliphatic carbocycles. The number of pyridine rings is 1. The maximum Gasteiger partial charge on any atom is 0.253 e. The number of carbonyl (C=O) groups excluding carboxylic acids is 1. The molecule has 0 spiro atoms. The molecule has 128 valence electrons. The second-order valence-electron chi connectivity index (χ2n) is 7.02. The fourth-order valence-corrected chi connectivity index (χ4v) is 3.23. The first-order valence-corrected chi connectivity index (χ1v) is 8.82. The molecule has 3 aromatic rings. The van der Waals surface area contributed by atoms with Crippen LogP contribution in [0.15, 0.2) is 48.8 Å². The monoisotopic (exact) mass is 334 g/mol. The van der Waals surface area contributed by atoms with E-state index in [9.17, 15) is 4.79 Å². The molecule has 5 nitrogen and oxygen atoms in total. The Kier molecular flexibility index (Phi) is 3.99. The molecule has 0 radical (unpaired) electrons. The van der Waals surface area contributed by atoms with Crippen molar-refractivity contribution in [3.05, 3.63) is 59.9 Å². The third kappa shape index (κ3) is 3.14. The van der Waals surface area contributed by atoms with Crippen LogP contribution in [0.4, 0.5) is 0 Å². The molecular formula is C20H22N4O. The zero-order valence-electron chi connectivity index (χ0n) is 14.5. The summed E-state index contributed by atoms with van der Waals surface area (Å²) >= 11 is 0. The summed E-state index contributed by atoms with van der Waals surface area (Å²) in [6, 6.07) is 12.4. The molecule has 0 bridgehead atoms. The van der Waals surface area contributed by atoms with E-state index in [4.69, 9.17) is 0 Å². The SMILES string of the molecule is CC(C)n1ncc2cc(C(=O)N[C@@H](c3ccccc3)C3CC3)cnc21. The van der Waals surface area contributed by atoms with Crippen molar-refractivity contribution in [2.75, 3.05) is 0 Å². The molecule has 1 atom stereocenters.